The van der Waals surface area contributed by atoms with Crippen LogP contribution >= 0.6 is 23.1 Å². The minimum atomic E-state index is 0.275. The first-order valence-corrected chi connectivity index (χ1v) is 8.75. The largest absolute Gasteiger partial charge is 0.308 e. The molecule has 0 saturated carbocycles. The van der Waals surface area contributed by atoms with Crippen LogP contribution in [0.4, 0.5) is 5.82 Å². The van der Waals surface area contributed by atoms with Crippen LogP contribution in [0.25, 0.3) is 10.2 Å². The van der Waals surface area contributed by atoms with Crippen LogP contribution in [0.2, 0.25) is 0 Å². The van der Waals surface area contributed by atoms with E-state index in [1.54, 1.807) is 11.3 Å². The van der Waals surface area contributed by atoms with E-state index in [9.17, 15) is 0 Å². The van der Waals surface area contributed by atoms with Gasteiger partial charge in [0.15, 0.2) is 5.82 Å². The Kier molecular flexibility index (Phi) is 4.11. The summed E-state index contributed by atoms with van der Waals surface area (Å²) < 4.78 is 0. The Morgan fingerprint density at radius 3 is 3.05 bits per heavy atom. The van der Waals surface area contributed by atoms with Gasteiger partial charge in [-0.1, -0.05) is 6.92 Å². The number of aryl methyl sites for hydroxylation is 1. The van der Waals surface area contributed by atoms with Crippen molar-refractivity contribution in [1.29, 1.82) is 0 Å². The van der Waals surface area contributed by atoms with Crippen molar-refractivity contribution in [3.63, 3.8) is 0 Å². The summed E-state index contributed by atoms with van der Waals surface area (Å²) in [7, 11) is 2.14. The highest BCUT2D eigenvalue weighted by atomic mass is 32.2. The lowest BCUT2D eigenvalue weighted by molar-refractivity contribution is 0.265. The Bertz CT molecular complexity index is 612. The van der Waals surface area contributed by atoms with Crippen molar-refractivity contribution in [1.82, 2.24) is 14.9 Å². The maximum Gasteiger partial charge on any atom is 0.152 e. The zero-order valence-corrected chi connectivity index (χ0v) is 13.4. The Morgan fingerprint density at radius 2 is 2.35 bits per heavy atom. The van der Waals surface area contributed by atoms with E-state index < -0.39 is 0 Å². The SMILES string of the molecule is CCc1cc2c(NN)nc(C3CSCCN3C)nc2s1. The van der Waals surface area contributed by atoms with Gasteiger partial charge in [-0.15, -0.1) is 11.3 Å². The van der Waals surface area contributed by atoms with Crippen molar-refractivity contribution < 1.29 is 0 Å². The van der Waals surface area contributed by atoms with Gasteiger partial charge in [-0.05, 0) is 19.5 Å². The molecule has 0 radical (unpaired) electrons. The van der Waals surface area contributed by atoms with Gasteiger partial charge in [-0.2, -0.15) is 11.8 Å². The first kappa shape index (κ1) is 14.1. The summed E-state index contributed by atoms with van der Waals surface area (Å²) in [6, 6.07) is 2.41. The second-order valence-electron chi connectivity index (χ2n) is 4.93. The maximum atomic E-state index is 5.65. The second-order valence-corrected chi connectivity index (χ2v) is 7.20. The Morgan fingerprint density at radius 1 is 1.50 bits per heavy atom. The van der Waals surface area contributed by atoms with Crippen LogP contribution in [0.1, 0.15) is 23.7 Å². The lowest BCUT2D eigenvalue weighted by atomic mass is 10.2. The van der Waals surface area contributed by atoms with Gasteiger partial charge in [0, 0.05) is 22.9 Å². The van der Waals surface area contributed by atoms with E-state index in [1.807, 2.05) is 11.8 Å². The summed E-state index contributed by atoms with van der Waals surface area (Å²) in [6.07, 6.45) is 1.01. The van der Waals surface area contributed by atoms with Crippen molar-refractivity contribution >= 4 is 39.1 Å². The summed E-state index contributed by atoms with van der Waals surface area (Å²) in [5.41, 5.74) is 2.73. The number of nitrogens with two attached hydrogens (primary N) is 1. The van der Waals surface area contributed by atoms with Gasteiger partial charge in [-0.25, -0.2) is 15.8 Å². The van der Waals surface area contributed by atoms with Gasteiger partial charge >= 0.3 is 0 Å². The van der Waals surface area contributed by atoms with E-state index in [4.69, 9.17) is 10.8 Å². The smallest absolute Gasteiger partial charge is 0.152 e. The number of nitrogens with zero attached hydrogens (tertiary/aromatic N) is 3. The molecule has 3 N–H and O–H groups in total. The van der Waals surface area contributed by atoms with Crippen molar-refractivity contribution in [2.24, 2.45) is 5.84 Å². The highest BCUT2D eigenvalue weighted by Gasteiger charge is 2.25. The van der Waals surface area contributed by atoms with Crippen LogP contribution in [0.3, 0.4) is 0 Å². The Labute approximate surface area is 126 Å². The van der Waals surface area contributed by atoms with Gasteiger partial charge in [0.2, 0.25) is 0 Å². The molecule has 2 aromatic heterocycles. The summed E-state index contributed by atoms with van der Waals surface area (Å²) in [5.74, 6) is 9.48. The van der Waals surface area contributed by atoms with E-state index >= 15 is 0 Å². The maximum absolute atomic E-state index is 5.65. The number of hydrogen-bond acceptors (Lipinski definition) is 7. The minimum absolute atomic E-state index is 0.275. The molecule has 20 heavy (non-hydrogen) atoms. The third-order valence-corrected chi connectivity index (χ3v) is 5.84. The van der Waals surface area contributed by atoms with E-state index in [0.717, 1.165) is 40.6 Å². The van der Waals surface area contributed by atoms with E-state index in [0.29, 0.717) is 0 Å². The number of rotatable bonds is 3. The van der Waals surface area contributed by atoms with Gasteiger partial charge in [0.05, 0.1) is 11.4 Å². The Balaban J connectivity index is 2.07. The lowest BCUT2D eigenvalue weighted by Gasteiger charge is -2.30. The van der Waals surface area contributed by atoms with Crippen molar-refractivity contribution in [2.75, 3.05) is 30.5 Å². The summed E-state index contributed by atoms with van der Waals surface area (Å²) >= 11 is 3.69. The molecule has 3 rings (SSSR count). The molecule has 0 aromatic carbocycles. The predicted molar refractivity (Wildman–Crippen MR) is 87.3 cm³/mol. The van der Waals surface area contributed by atoms with Crippen molar-refractivity contribution in [3.05, 3.63) is 16.8 Å². The number of nitrogens with one attached hydrogen (secondary N) is 1. The minimum Gasteiger partial charge on any atom is -0.308 e. The van der Waals surface area contributed by atoms with Crippen molar-refractivity contribution in [3.8, 4) is 0 Å². The number of thioether (sulfide) groups is 1. The zero-order valence-electron chi connectivity index (χ0n) is 11.7. The highest BCUT2D eigenvalue weighted by Crippen LogP contribution is 2.32. The molecule has 3 heterocycles. The van der Waals surface area contributed by atoms with Crippen LogP contribution in [-0.2, 0) is 6.42 Å². The van der Waals surface area contributed by atoms with Gasteiger partial charge < -0.3 is 5.43 Å². The molecule has 1 saturated heterocycles. The van der Waals surface area contributed by atoms with Gasteiger partial charge in [0.25, 0.3) is 0 Å². The van der Waals surface area contributed by atoms with E-state index in [-0.39, 0.29) is 6.04 Å². The highest BCUT2D eigenvalue weighted by molar-refractivity contribution is 7.99. The third kappa shape index (κ3) is 2.50. The van der Waals surface area contributed by atoms with Crippen molar-refractivity contribution in [2.45, 2.75) is 19.4 Å². The normalized spacial score (nSPS) is 20.4. The van der Waals surface area contributed by atoms with Crippen LogP contribution in [0.5, 0.6) is 0 Å². The second kappa shape index (κ2) is 5.85. The van der Waals surface area contributed by atoms with Crippen LogP contribution < -0.4 is 11.3 Å². The molecule has 1 fully saturated rings. The molecule has 0 aliphatic carbocycles. The Hall–Kier alpha value is -0.890. The molecule has 2 aromatic rings. The topological polar surface area (TPSA) is 67.1 Å². The molecule has 0 amide bonds. The third-order valence-electron chi connectivity index (χ3n) is 3.64. The van der Waals surface area contributed by atoms with E-state index in [2.05, 4.69) is 35.3 Å². The molecule has 0 spiro atoms. The average molecular weight is 309 g/mol. The lowest BCUT2D eigenvalue weighted by Crippen LogP contribution is -2.34. The number of fused-ring (bicyclic) bond motifs is 1. The molecule has 5 nitrogen and oxygen atoms in total. The standard InChI is InChI=1S/C13H19N5S2/c1-3-8-6-9-11(17-14)15-12(16-13(9)20-8)10-7-19-5-4-18(10)2/h6,10H,3-5,7,14H2,1-2H3,(H,15,16,17). The fraction of sp³-hybridized carbons (Fsp3) is 0.538. The number of anilines is 1. The molecule has 1 atom stereocenters. The molecule has 0 bridgehead atoms. The number of hydrazine groups is 1. The molecular weight excluding hydrogens is 290 g/mol. The molecule has 1 unspecified atom stereocenters. The first-order chi connectivity index (χ1) is 9.72. The van der Waals surface area contributed by atoms with E-state index in [1.165, 1.54) is 10.6 Å². The fourth-order valence-corrected chi connectivity index (χ4v) is 4.56. The first-order valence-electron chi connectivity index (χ1n) is 6.78. The molecular formula is C13H19N5S2. The van der Waals surface area contributed by atoms with Gasteiger partial charge in [-0.3, -0.25) is 4.90 Å². The average Bonchev–Trinajstić information content (AvgIpc) is 2.89. The number of hydrogen-bond donors (Lipinski definition) is 2. The van der Waals surface area contributed by atoms with Gasteiger partial charge in [0.1, 0.15) is 10.7 Å². The predicted octanol–water partition coefficient (Wildman–Crippen LogP) is 2.26. The number of nitrogen functional groups attached to an aromatic ring is 1. The quantitative estimate of drug-likeness (QED) is 0.669. The van der Waals surface area contributed by atoms with Crippen LogP contribution in [-0.4, -0.2) is 40.0 Å². The zero-order chi connectivity index (χ0) is 14.1. The van der Waals surface area contributed by atoms with Crippen LogP contribution in [0, 0.1) is 0 Å². The molecule has 108 valence electrons. The molecule has 7 heteroatoms. The number of aromatic nitrogens is 2. The fourth-order valence-electron chi connectivity index (χ4n) is 2.38. The monoisotopic (exact) mass is 309 g/mol. The summed E-state index contributed by atoms with van der Waals surface area (Å²) in [4.78, 5) is 14.1. The number of thiophene rings is 1. The molecule has 1 aliphatic rings. The summed E-state index contributed by atoms with van der Waals surface area (Å²) in [5, 5.41) is 1.03. The van der Waals surface area contributed by atoms with Crippen LogP contribution in [0.15, 0.2) is 6.07 Å². The summed E-state index contributed by atoms with van der Waals surface area (Å²) in [6.45, 7) is 3.23. The molecule has 1 aliphatic heterocycles.